The second-order valence-corrected chi connectivity index (χ2v) is 6.99. The second-order valence-electron chi connectivity index (χ2n) is 5.98. The highest BCUT2D eigenvalue weighted by Gasteiger charge is 2.34. The minimum Gasteiger partial charge on any atom is -0.388 e. The van der Waals surface area contributed by atoms with Gasteiger partial charge in [-0.15, -0.1) is 0 Å². The summed E-state index contributed by atoms with van der Waals surface area (Å²) < 4.78 is 5.25. The average Bonchev–Trinajstić information content (AvgIpc) is 3.20. The fourth-order valence-corrected chi connectivity index (χ4v) is 4.25. The summed E-state index contributed by atoms with van der Waals surface area (Å²) in [4.78, 5) is 8.29. The molecule has 0 bridgehead atoms. The summed E-state index contributed by atoms with van der Waals surface area (Å²) in [5.41, 5.74) is 1.12. The first-order valence-electron chi connectivity index (χ1n) is 7.64. The molecule has 1 aromatic rings. The number of nitrogens with zero attached hydrogens (tertiary/aromatic N) is 2. The first kappa shape index (κ1) is 14.3. The molecule has 0 spiro atoms. The third-order valence-corrected chi connectivity index (χ3v) is 5.72. The van der Waals surface area contributed by atoms with Crippen molar-refractivity contribution >= 4 is 16.5 Å². The maximum absolute atomic E-state index is 10.1. The van der Waals surface area contributed by atoms with E-state index in [0.29, 0.717) is 6.04 Å². The van der Waals surface area contributed by atoms with E-state index in [1.54, 1.807) is 18.4 Å². The van der Waals surface area contributed by atoms with Crippen molar-refractivity contribution in [2.24, 2.45) is 5.92 Å². The third-order valence-electron chi connectivity index (χ3n) is 4.49. The van der Waals surface area contributed by atoms with Crippen LogP contribution in [0.5, 0.6) is 0 Å². The van der Waals surface area contributed by atoms with E-state index in [4.69, 9.17) is 9.72 Å². The van der Waals surface area contributed by atoms with Crippen molar-refractivity contribution in [2.75, 3.05) is 25.2 Å². The zero-order valence-corrected chi connectivity index (χ0v) is 13.2. The van der Waals surface area contributed by atoms with Crippen molar-refractivity contribution in [1.82, 2.24) is 4.98 Å². The van der Waals surface area contributed by atoms with E-state index in [1.807, 2.05) is 0 Å². The van der Waals surface area contributed by atoms with Crippen molar-refractivity contribution in [2.45, 2.75) is 51.2 Å². The van der Waals surface area contributed by atoms with Crippen LogP contribution in [0.25, 0.3) is 0 Å². The van der Waals surface area contributed by atoms with Crippen LogP contribution in [0.3, 0.4) is 0 Å². The SMILES string of the molecule is COCCN(c1nc2c(s1)C(O)CCC2)C(C)C1CC1. The number of methoxy groups -OCH3 is 1. The Morgan fingerprint density at radius 3 is 2.90 bits per heavy atom. The van der Waals surface area contributed by atoms with Crippen LogP contribution in [0.2, 0.25) is 0 Å². The number of hydrogen-bond acceptors (Lipinski definition) is 5. The molecule has 1 heterocycles. The van der Waals surface area contributed by atoms with Crippen LogP contribution in [-0.4, -0.2) is 36.4 Å². The minimum atomic E-state index is -0.300. The highest BCUT2D eigenvalue weighted by atomic mass is 32.1. The monoisotopic (exact) mass is 296 g/mol. The Bertz CT molecular complexity index is 459. The topological polar surface area (TPSA) is 45.6 Å². The maximum Gasteiger partial charge on any atom is 0.186 e. The molecule has 0 radical (unpaired) electrons. The molecule has 0 saturated heterocycles. The lowest BCUT2D eigenvalue weighted by Gasteiger charge is -2.28. The molecule has 1 saturated carbocycles. The van der Waals surface area contributed by atoms with E-state index in [9.17, 15) is 5.11 Å². The Hall–Kier alpha value is -0.650. The lowest BCUT2D eigenvalue weighted by Crippen LogP contribution is -2.37. The van der Waals surface area contributed by atoms with E-state index in [-0.39, 0.29) is 6.10 Å². The summed E-state index contributed by atoms with van der Waals surface area (Å²) in [5.74, 6) is 0.803. The first-order valence-corrected chi connectivity index (χ1v) is 8.45. The largest absolute Gasteiger partial charge is 0.388 e. The molecule has 1 fully saturated rings. The average molecular weight is 296 g/mol. The molecule has 0 amide bonds. The highest BCUT2D eigenvalue weighted by molar-refractivity contribution is 7.15. The molecule has 0 aromatic carbocycles. The number of anilines is 1. The van der Waals surface area contributed by atoms with Gasteiger partial charge >= 0.3 is 0 Å². The normalized spacial score (nSPS) is 23.4. The quantitative estimate of drug-likeness (QED) is 0.877. The lowest BCUT2D eigenvalue weighted by molar-refractivity contribution is 0.160. The highest BCUT2D eigenvalue weighted by Crippen LogP contribution is 2.41. The number of aliphatic hydroxyl groups is 1. The number of aliphatic hydroxyl groups excluding tert-OH is 1. The van der Waals surface area contributed by atoms with Crippen LogP contribution in [0.4, 0.5) is 5.13 Å². The lowest BCUT2D eigenvalue weighted by atomic mass is 10.0. The van der Waals surface area contributed by atoms with Gasteiger partial charge in [0, 0.05) is 19.7 Å². The number of ether oxygens (including phenoxy) is 1. The van der Waals surface area contributed by atoms with E-state index in [2.05, 4.69) is 11.8 Å². The molecule has 2 atom stereocenters. The van der Waals surface area contributed by atoms with Crippen molar-refractivity contribution in [1.29, 1.82) is 0 Å². The Labute approximate surface area is 124 Å². The number of thiazole rings is 1. The standard InChI is InChI=1S/C15H24N2O2S/c1-10(11-6-7-11)17(8-9-19-2)15-16-12-4-3-5-13(18)14(12)20-15/h10-11,13,18H,3-9H2,1-2H3. The number of hydrogen-bond donors (Lipinski definition) is 1. The Morgan fingerprint density at radius 2 is 2.25 bits per heavy atom. The predicted octanol–water partition coefficient (Wildman–Crippen LogP) is 2.76. The van der Waals surface area contributed by atoms with E-state index >= 15 is 0 Å². The van der Waals surface area contributed by atoms with Gasteiger partial charge < -0.3 is 14.7 Å². The Balaban J connectivity index is 1.82. The van der Waals surface area contributed by atoms with E-state index < -0.39 is 0 Å². The molecule has 2 unspecified atom stereocenters. The van der Waals surface area contributed by atoms with Gasteiger partial charge in [-0.2, -0.15) is 0 Å². The predicted molar refractivity (Wildman–Crippen MR) is 81.4 cm³/mol. The smallest absolute Gasteiger partial charge is 0.186 e. The van der Waals surface area contributed by atoms with Gasteiger partial charge in [-0.25, -0.2) is 4.98 Å². The van der Waals surface area contributed by atoms with Gasteiger partial charge in [0.05, 0.1) is 23.3 Å². The maximum atomic E-state index is 10.1. The van der Waals surface area contributed by atoms with Crippen LogP contribution in [0, 0.1) is 5.92 Å². The number of fused-ring (bicyclic) bond motifs is 1. The molecule has 112 valence electrons. The molecule has 1 aromatic heterocycles. The summed E-state index contributed by atoms with van der Waals surface area (Å²) in [6, 6.07) is 0.523. The van der Waals surface area contributed by atoms with Crippen LogP contribution in [-0.2, 0) is 11.2 Å². The van der Waals surface area contributed by atoms with Gasteiger partial charge in [0.25, 0.3) is 0 Å². The zero-order valence-electron chi connectivity index (χ0n) is 12.3. The fraction of sp³-hybridized carbons (Fsp3) is 0.800. The molecular formula is C15H24N2O2S. The van der Waals surface area contributed by atoms with Crippen molar-refractivity contribution in [3.63, 3.8) is 0 Å². The van der Waals surface area contributed by atoms with Gasteiger partial charge in [0.2, 0.25) is 0 Å². The molecule has 2 aliphatic carbocycles. The molecule has 4 nitrogen and oxygen atoms in total. The van der Waals surface area contributed by atoms with Gasteiger partial charge in [-0.1, -0.05) is 11.3 Å². The summed E-state index contributed by atoms with van der Waals surface area (Å²) in [6.45, 7) is 3.91. The molecule has 2 aliphatic rings. The van der Waals surface area contributed by atoms with Gasteiger partial charge in [-0.05, 0) is 44.9 Å². The third kappa shape index (κ3) is 2.85. The van der Waals surface area contributed by atoms with Gasteiger partial charge in [-0.3, -0.25) is 0 Å². The van der Waals surface area contributed by atoms with Crippen molar-refractivity contribution < 1.29 is 9.84 Å². The second kappa shape index (κ2) is 6.00. The van der Waals surface area contributed by atoms with Crippen LogP contribution in [0.15, 0.2) is 0 Å². The summed E-state index contributed by atoms with van der Waals surface area (Å²) in [6.07, 6.45) is 5.30. The molecule has 1 N–H and O–H groups in total. The molecule has 5 heteroatoms. The molecular weight excluding hydrogens is 272 g/mol. The van der Waals surface area contributed by atoms with Crippen LogP contribution < -0.4 is 4.90 Å². The van der Waals surface area contributed by atoms with Crippen LogP contribution in [0.1, 0.15) is 49.3 Å². The van der Waals surface area contributed by atoms with Crippen molar-refractivity contribution in [3.05, 3.63) is 10.6 Å². The molecule has 20 heavy (non-hydrogen) atoms. The number of rotatable bonds is 6. The van der Waals surface area contributed by atoms with E-state index in [1.165, 1.54) is 12.8 Å². The molecule has 3 rings (SSSR count). The van der Waals surface area contributed by atoms with E-state index in [0.717, 1.165) is 54.0 Å². The summed E-state index contributed by atoms with van der Waals surface area (Å²) >= 11 is 1.68. The van der Waals surface area contributed by atoms with Crippen molar-refractivity contribution in [3.8, 4) is 0 Å². The minimum absolute atomic E-state index is 0.300. The Morgan fingerprint density at radius 1 is 1.45 bits per heavy atom. The summed E-state index contributed by atoms with van der Waals surface area (Å²) in [5, 5.41) is 11.2. The molecule has 0 aliphatic heterocycles. The zero-order chi connectivity index (χ0) is 14.1. The van der Waals surface area contributed by atoms with Gasteiger partial charge in [0.1, 0.15) is 0 Å². The summed E-state index contributed by atoms with van der Waals surface area (Å²) in [7, 11) is 1.75. The van der Waals surface area contributed by atoms with Crippen LogP contribution >= 0.6 is 11.3 Å². The number of aryl methyl sites for hydroxylation is 1. The van der Waals surface area contributed by atoms with Gasteiger partial charge in [0.15, 0.2) is 5.13 Å². The number of aromatic nitrogens is 1. The Kier molecular flexibility index (Phi) is 4.29. The fourth-order valence-electron chi connectivity index (χ4n) is 3.00. The first-order chi connectivity index (χ1) is 9.70.